The van der Waals surface area contributed by atoms with Crippen molar-refractivity contribution in [2.75, 3.05) is 26.9 Å². The van der Waals surface area contributed by atoms with E-state index in [0.29, 0.717) is 70.6 Å². The van der Waals surface area contributed by atoms with Crippen molar-refractivity contribution in [1.29, 1.82) is 0 Å². The molecule has 548 valence electrons. The molecule has 10 aliphatic carbocycles. The Hall–Kier alpha value is -3.28. The summed E-state index contributed by atoms with van der Waals surface area (Å²) in [5.74, 6) is -8.39. The van der Waals surface area contributed by atoms with E-state index in [1.54, 1.807) is 20.8 Å². The molecule has 2 aliphatic heterocycles. The minimum atomic E-state index is -2.28. The van der Waals surface area contributed by atoms with Gasteiger partial charge in [-0.2, -0.15) is 0 Å². The highest BCUT2D eigenvalue weighted by molar-refractivity contribution is 5.82. The van der Waals surface area contributed by atoms with Gasteiger partial charge in [-0.15, -0.1) is 0 Å². The predicted octanol–water partition coefficient (Wildman–Crippen LogP) is 3.10. The number of fused-ring (bicyclic) bond motifs is 14. The fourth-order valence-corrected chi connectivity index (χ4v) is 25.3. The first kappa shape index (κ1) is 73.5. The molecule has 10 fully saturated rings. The normalized spacial score (nSPS) is 56.1. The molecule has 14 N–H and O–H groups in total. The number of aliphatic hydroxyl groups is 13. The van der Waals surface area contributed by atoms with Crippen LogP contribution < -0.4 is 0 Å². The highest BCUT2D eigenvalue weighted by atomic mass is 16.7. The largest absolute Gasteiger partial charge is 0.481 e. The van der Waals surface area contributed by atoms with Crippen molar-refractivity contribution in [3.05, 3.63) is 23.3 Å². The number of carbonyl (C=O) groups is 4. The average molecular weight is 1370 g/mol. The number of carboxylic acid groups (broad SMARTS) is 1. The van der Waals surface area contributed by atoms with Crippen LogP contribution in [0.25, 0.3) is 0 Å². The molecule has 34 atom stereocenters. The summed E-state index contributed by atoms with van der Waals surface area (Å²) in [5.41, 5.74) is -12.8. The van der Waals surface area contributed by atoms with E-state index in [2.05, 4.69) is 39.8 Å². The molecule has 12 aliphatic rings. The van der Waals surface area contributed by atoms with Crippen LogP contribution in [0.5, 0.6) is 0 Å². The Bertz CT molecular complexity index is 3150. The van der Waals surface area contributed by atoms with Crippen molar-refractivity contribution in [2.24, 2.45) is 101 Å². The van der Waals surface area contributed by atoms with Crippen LogP contribution in [-0.4, -0.2) is 219 Å². The second kappa shape index (κ2) is 24.1. The van der Waals surface area contributed by atoms with Crippen LogP contribution in [0.15, 0.2) is 23.3 Å². The Morgan fingerprint density at radius 2 is 0.959 bits per heavy atom. The van der Waals surface area contributed by atoms with Crippen LogP contribution in [0.2, 0.25) is 0 Å². The highest BCUT2D eigenvalue weighted by Gasteiger charge is 2.78. The van der Waals surface area contributed by atoms with Crippen molar-refractivity contribution in [3.63, 3.8) is 0 Å². The zero-order chi connectivity index (χ0) is 71.3. The smallest absolute Gasteiger partial charge is 0.316 e. The molecule has 8 saturated carbocycles. The first-order valence-corrected chi connectivity index (χ1v) is 36.0. The van der Waals surface area contributed by atoms with Crippen LogP contribution in [0.3, 0.4) is 0 Å². The SMILES string of the molecule is CO[C@@H]1[C@@H](O)[C@H](OC(=O)[C@]23CC[C@@H](C)[C@@](C)(O)[C@H]2C2=CC[C@@H]4[C@@]5(C)C[C@@H](O)[C@H](O)[C@@](C)(C(=O)O[C@@H]6[C@H](O)C[C@@]7(C)[C@@H](CC[C@]8(C)[C@@H]7CC=C7[C@H]9[C@](C(=O)O[C@@H]%10O[C@H](CO)[C@@H](O)[C@H](O)[C@H]%10O)(CC[C@@H](C)[C@@]9(C)O)CC[C@]78C)[C@@]6(CO)C(=O)O)[C@@H]5CC[C@@]4(C)[C@]2(C)CC3)O[C@H](CO)[C@H]1O. The number of methoxy groups -OCH3 is 1. The summed E-state index contributed by atoms with van der Waals surface area (Å²) in [6.07, 6.45) is -13.0. The van der Waals surface area contributed by atoms with Crippen molar-refractivity contribution in [1.82, 2.24) is 0 Å². The van der Waals surface area contributed by atoms with E-state index in [1.807, 2.05) is 27.7 Å². The summed E-state index contributed by atoms with van der Waals surface area (Å²) in [5, 5.41) is 162. The van der Waals surface area contributed by atoms with Crippen molar-refractivity contribution in [3.8, 4) is 0 Å². The van der Waals surface area contributed by atoms with Gasteiger partial charge >= 0.3 is 23.9 Å². The third kappa shape index (κ3) is 9.61. The Morgan fingerprint density at radius 3 is 1.41 bits per heavy atom. The molecule has 24 nitrogen and oxygen atoms in total. The molecular formula is C73H112O24. The third-order valence-electron chi connectivity index (χ3n) is 31.7. The van der Waals surface area contributed by atoms with Gasteiger partial charge in [-0.1, -0.05) is 78.7 Å². The van der Waals surface area contributed by atoms with Crippen LogP contribution in [-0.2, 0) is 47.6 Å². The maximum atomic E-state index is 15.9. The molecule has 0 bridgehead atoms. The summed E-state index contributed by atoms with van der Waals surface area (Å²) < 4.78 is 35.5. The second-order valence-corrected chi connectivity index (χ2v) is 35.1. The van der Waals surface area contributed by atoms with Gasteiger partial charge in [-0.25, -0.2) is 0 Å². The lowest BCUT2D eigenvalue weighted by Crippen LogP contribution is -2.73. The lowest BCUT2D eigenvalue weighted by atomic mass is 9.32. The molecule has 0 aromatic carbocycles. The predicted molar refractivity (Wildman–Crippen MR) is 342 cm³/mol. The zero-order valence-electron chi connectivity index (χ0n) is 58.6. The van der Waals surface area contributed by atoms with Crippen LogP contribution in [0.4, 0.5) is 0 Å². The maximum Gasteiger partial charge on any atom is 0.316 e. The van der Waals surface area contributed by atoms with E-state index in [-0.39, 0.29) is 55.8 Å². The monoisotopic (exact) mass is 1370 g/mol. The van der Waals surface area contributed by atoms with E-state index in [4.69, 9.17) is 28.4 Å². The molecule has 12 rings (SSSR count). The number of allylic oxidation sites excluding steroid dienone is 2. The average Bonchev–Trinajstić information content (AvgIpc) is 0.673. The highest BCUT2D eigenvalue weighted by Crippen LogP contribution is 2.79. The van der Waals surface area contributed by atoms with Gasteiger partial charge in [-0.3, -0.25) is 19.2 Å². The maximum absolute atomic E-state index is 15.9. The van der Waals surface area contributed by atoms with E-state index >= 15 is 14.4 Å². The quantitative estimate of drug-likeness (QED) is 0.0803. The minimum absolute atomic E-state index is 0.0566. The van der Waals surface area contributed by atoms with Gasteiger partial charge in [0.1, 0.15) is 60.4 Å². The Labute approximate surface area is 568 Å². The first-order chi connectivity index (χ1) is 45.1. The topological polar surface area (TPSA) is 407 Å². The summed E-state index contributed by atoms with van der Waals surface area (Å²) in [6, 6.07) is 0. The number of hydrogen-bond acceptors (Lipinski definition) is 23. The van der Waals surface area contributed by atoms with E-state index < -0.39 is 219 Å². The zero-order valence-corrected chi connectivity index (χ0v) is 58.6. The third-order valence-corrected chi connectivity index (χ3v) is 31.7. The lowest BCUT2D eigenvalue weighted by Gasteiger charge is -2.72. The van der Waals surface area contributed by atoms with Gasteiger partial charge in [-0.05, 0) is 192 Å². The number of aliphatic hydroxyl groups excluding tert-OH is 11. The van der Waals surface area contributed by atoms with Gasteiger partial charge in [0.25, 0.3) is 0 Å². The lowest BCUT2D eigenvalue weighted by molar-refractivity contribution is -0.302. The summed E-state index contributed by atoms with van der Waals surface area (Å²) in [4.78, 5) is 60.6. The van der Waals surface area contributed by atoms with Gasteiger partial charge in [0.15, 0.2) is 0 Å². The molecule has 0 unspecified atom stereocenters. The van der Waals surface area contributed by atoms with Crippen LogP contribution in [0.1, 0.15) is 179 Å². The Balaban J connectivity index is 0.834. The second-order valence-electron chi connectivity index (χ2n) is 35.1. The summed E-state index contributed by atoms with van der Waals surface area (Å²) in [7, 11) is 1.28. The van der Waals surface area contributed by atoms with E-state index in [9.17, 15) is 76.3 Å². The number of hydrogen-bond donors (Lipinski definition) is 14. The molecule has 2 saturated heterocycles. The van der Waals surface area contributed by atoms with Gasteiger partial charge in [0, 0.05) is 18.9 Å². The number of carbonyl (C=O) groups excluding carboxylic acids is 3. The summed E-state index contributed by atoms with van der Waals surface area (Å²) in [6.45, 7) is 19.1. The van der Waals surface area contributed by atoms with Gasteiger partial charge in [0.2, 0.25) is 12.6 Å². The fraction of sp³-hybridized carbons (Fsp3) is 0.890. The number of carboxylic acids is 1. The van der Waals surface area contributed by atoms with Gasteiger partial charge in [0.05, 0.1) is 65.6 Å². The number of aliphatic carboxylic acids is 1. The molecule has 0 aromatic heterocycles. The van der Waals surface area contributed by atoms with Gasteiger partial charge < -0.3 is 99.9 Å². The molecule has 97 heavy (non-hydrogen) atoms. The van der Waals surface area contributed by atoms with Crippen molar-refractivity contribution < 1.29 is 119 Å². The number of ether oxygens (including phenoxy) is 6. The summed E-state index contributed by atoms with van der Waals surface area (Å²) >= 11 is 0. The fourth-order valence-electron chi connectivity index (χ4n) is 25.3. The Kier molecular flexibility index (Phi) is 18.3. The number of esters is 3. The Morgan fingerprint density at radius 1 is 0.515 bits per heavy atom. The van der Waals surface area contributed by atoms with Crippen LogP contribution in [0, 0.1) is 101 Å². The molecule has 0 amide bonds. The van der Waals surface area contributed by atoms with Crippen molar-refractivity contribution >= 4 is 23.9 Å². The van der Waals surface area contributed by atoms with Crippen LogP contribution >= 0.6 is 0 Å². The van der Waals surface area contributed by atoms with E-state index in [1.165, 1.54) is 7.11 Å². The molecular weight excluding hydrogens is 1260 g/mol. The van der Waals surface area contributed by atoms with Crippen molar-refractivity contribution in [2.45, 2.75) is 276 Å². The number of rotatable bonds is 11. The molecule has 0 aromatic rings. The molecule has 24 heteroatoms. The van der Waals surface area contributed by atoms with E-state index in [0.717, 1.165) is 11.1 Å². The standard InChI is InChI=1S/C73H112O24/c1-34-17-23-71(60(88)96-56-49(82)48(81)46(79)40(31-74)93-56)27-26-65(6)37(52(71)69(34,10)90)14-16-43-63(4)30-39(78)55(73(33-76,58(85)86)45(63)20-22-67(43,65)8)95-59(87)68(9)44-19-21-66(7)42(62(44,3)29-38(77)54(68)84)15-13-36-53-70(11,91)35(2)18-24-72(53,28-25-64(36,66)5)61(89)97-57-50(83)51(92-12)47(80)41(32-75)94-57/h13-14,34-35,38-57,74-84,90-91H,15-33H2,1-12H3,(H,85,86)/t34-,35-,38-,39-,40-,41-,42-,43-,44-,45-,46-,47-,48+,49-,50-,51+,52-,53-,54+,55-,56+,57+,62-,63-,64-,65-,66-,67-,68+,69-,70-,71+,72+,73-/m1/s1. The minimum Gasteiger partial charge on any atom is -0.481 e. The first-order valence-electron chi connectivity index (χ1n) is 36.0. The molecule has 2 heterocycles. The molecule has 0 radical (unpaired) electrons. The molecule has 0 spiro atoms.